The van der Waals surface area contributed by atoms with Crippen LogP contribution in [0.15, 0.2) is 48.7 Å². The molecule has 2 heterocycles. The van der Waals surface area contributed by atoms with Gasteiger partial charge in [0.25, 0.3) is 5.91 Å². The Balaban J connectivity index is 1.63. The average molecular weight is 608 g/mol. The molecule has 0 spiro atoms. The number of nitrogens with zero attached hydrogens (tertiary/aromatic N) is 3. The minimum atomic E-state index is -4.76. The summed E-state index contributed by atoms with van der Waals surface area (Å²) in [5.41, 5.74) is 0.312. The summed E-state index contributed by atoms with van der Waals surface area (Å²) in [5, 5.41) is 5.61. The van der Waals surface area contributed by atoms with Gasteiger partial charge in [0.05, 0.1) is 43.4 Å². The number of aromatic nitrogens is 2. The van der Waals surface area contributed by atoms with E-state index < -0.39 is 25.2 Å². The van der Waals surface area contributed by atoms with Crippen LogP contribution in [0.25, 0.3) is 0 Å². The van der Waals surface area contributed by atoms with E-state index in [2.05, 4.69) is 20.6 Å². The van der Waals surface area contributed by atoms with E-state index in [1.165, 1.54) is 13.2 Å². The first kappa shape index (κ1) is 31.3. The molecule has 3 aromatic rings. The fourth-order valence-corrected chi connectivity index (χ4v) is 6.23. The molecule has 1 aliphatic rings. The molecule has 0 radical (unpaired) electrons. The maximum atomic E-state index is 13.9. The molecule has 226 valence electrons. The molecular weight excluding hydrogens is 574 g/mol. The number of ether oxygens (including phenoxy) is 1. The van der Waals surface area contributed by atoms with Crippen LogP contribution in [0.1, 0.15) is 48.2 Å². The average Bonchev–Trinajstić information content (AvgIpc) is 3.49. The minimum absolute atomic E-state index is 0.00568. The summed E-state index contributed by atoms with van der Waals surface area (Å²) in [6, 6.07) is 11.3. The first-order valence-corrected chi connectivity index (χ1v) is 15.2. The van der Waals surface area contributed by atoms with Gasteiger partial charge in [0.2, 0.25) is 5.95 Å². The van der Waals surface area contributed by atoms with E-state index in [1.54, 1.807) is 55.1 Å². The molecule has 1 saturated heterocycles. The van der Waals surface area contributed by atoms with Crippen LogP contribution < -0.4 is 15.4 Å². The van der Waals surface area contributed by atoms with Crippen molar-refractivity contribution in [1.82, 2.24) is 14.9 Å². The molecule has 10 nitrogen and oxygen atoms in total. The van der Waals surface area contributed by atoms with Crippen LogP contribution in [-0.4, -0.2) is 54.2 Å². The lowest BCUT2D eigenvalue weighted by Crippen LogP contribution is -2.28. The zero-order valence-corrected chi connectivity index (χ0v) is 24.4. The fraction of sp³-hybridized carbons (Fsp3) is 0.393. The quantitative estimate of drug-likeness (QED) is 0.210. The van der Waals surface area contributed by atoms with E-state index >= 15 is 0 Å². The Hall–Kier alpha value is -3.67. The van der Waals surface area contributed by atoms with Crippen LogP contribution in [0, 0.1) is 0 Å². The number of likely N-dealkylation sites (tertiary alicyclic amines) is 1. The van der Waals surface area contributed by atoms with E-state index in [9.17, 15) is 22.5 Å². The summed E-state index contributed by atoms with van der Waals surface area (Å²) in [7, 11) is -1.96. The van der Waals surface area contributed by atoms with E-state index in [0.29, 0.717) is 36.3 Å². The molecule has 1 aromatic heterocycles. The van der Waals surface area contributed by atoms with Gasteiger partial charge in [-0.05, 0) is 56.5 Å². The molecule has 42 heavy (non-hydrogen) atoms. The van der Waals surface area contributed by atoms with Gasteiger partial charge in [-0.15, -0.1) is 0 Å². The molecule has 0 bridgehead atoms. The zero-order valence-electron chi connectivity index (χ0n) is 23.5. The number of methoxy groups -OCH3 is 1. The third kappa shape index (κ3) is 7.58. The SMILES string of the molecule is CCOP(=O)(Cc1ccc(Nc2ncc(C(F)(F)F)c(Nc3ccccc3C(=O)N3CCCC3)n2)c(OC)c1)OCC. The number of anilines is 4. The largest absolute Gasteiger partial charge is 0.495 e. The minimum Gasteiger partial charge on any atom is -0.495 e. The molecular formula is C28H33F3N5O5P. The van der Waals surface area contributed by atoms with Crippen molar-refractivity contribution >= 4 is 36.6 Å². The lowest BCUT2D eigenvalue weighted by molar-refractivity contribution is -0.137. The highest BCUT2D eigenvalue weighted by molar-refractivity contribution is 7.53. The number of rotatable bonds is 12. The number of carbonyl (C=O) groups is 1. The van der Waals surface area contributed by atoms with Crippen molar-refractivity contribution in [3.8, 4) is 5.75 Å². The number of halogens is 3. The number of nitrogens with one attached hydrogen (secondary N) is 2. The van der Waals surface area contributed by atoms with Gasteiger partial charge in [-0.3, -0.25) is 9.36 Å². The molecule has 1 amide bonds. The van der Waals surface area contributed by atoms with Crippen LogP contribution in [0.4, 0.5) is 36.3 Å². The Morgan fingerprint density at radius 1 is 1.02 bits per heavy atom. The zero-order chi connectivity index (χ0) is 30.3. The number of benzene rings is 2. The monoisotopic (exact) mass is 607 g/mol. The van der Waals surface area contributed by atoms with Crippen LogP contribution in [0.2, 0.25) is 0 Å². The predicted molar refractivity (Wildman–Crippen MR) is 153 cm³/mol. The first-order valence-electron chi connectivity index (χ1n) is 13.5. The van der Waals surface area contributed by atoms with Crippen LogP contribution >= 0.6 is 7.60 Å². The smallest absolute Gasteiger partial charge is 0.421 e. The van der Waals surface area contributed by atoms with Gasteiger partial charge in [-0.2, -0.15) is 18.2 Å². The number of hydrogen-bond donors (Lipinski definition) is 2. The topological polar surface area (TPSA) is 115 Å². The van der Waals surface area contributed by atoms with Gasteiger partial charge in [0, 0.05) is 19.3 Å². The number of alkyl halides is 3. The second kappa shape index (κ2) is 13.5. The fourth-order valence-electron chi connectivity index (χ4n) is 4.54. The summed E-state index contributed by atoms with van der Waals surface area (Å²) < 4.78 is 71.0. The molecule has 1 aliphatic heterocycles. The second-order valence-electron chi connectivity index (χ2n) is 9.39. The Kier molecular flexibility index (Phi) is 10.1. The van der Waals surface area contributed by atoms with Gasteiger partial charge in [-0.1, -0.05) is 18.2 Å². The third-order valence-corrected chi connectivity index (χ3v) is 8.49. The van der Waals surface area contributed by atoms with Crippen LogP contribution in [0.3, 0.4) is 0 Å². The summed E-state index contributed by atoms with van der Waals surface area (Å²) in [6.07, 6.45) is -2.33. The molecule has 0 aliphatic carbocycles. The Labute approximate surface area is 242 Å². The Bertz CT molecular complexity index is 1440. The van der Waals surface area contributed by atoms with Gasteiger partial charge in [0.1, 0.15) is 17.1 Å². The summed E-state index contributed by atoms with van der Waals surface area (Å²) in [4.78, 5) is 22.7. The molecule has 0 atom stereocenters. The molecule has 0 saturated carbocycles. The van der Waals surface area contributed by atoms with E-state index in [4.69, 9.17) is 13.8 Å². The first-order chi connectivity index (χ1) is 20.1. The normalized spacial score (nSPS) is 13.7. The van der Waals surface area contributed by atoms with Crippen molar-refractivity contribution in [2.45, 2.75) is 39.0 Å². The van der Waals surface area contributed by atoms with Crippen molar-refractivity contribution in [2.24, 2.45) is 0 Å². The maximum Gasteiger partial charge on any atom is 0.421 e. The van der Waals surface area contributed by atoms with Crippen molar-refractivity contribution in [3.05, 3.63) is 65.4 Å². The van der Waals surface area contributed by atoms with Gasteiger partial charge in [0.15, 0.2) is 0 Å². The molecule has 14 heteroatoms. The van der Waals surface area contributed by atoms with Crippen molar-refractivity contribution in [1.29, 1.82) is 0 Å². The lowest BCUT2D eigenvalue weighted by Gasteiger charge is -2.20. The standard InChI is InChI=1S/C28H33F3N5O5P/c1-4-40-42(38,41-5-2)18-19-12-13-23(24(16-19)39-3)34-27-32-17-21(28(29,30)31)25(35-27)33-22-11-7-6-10-20(22)26(37)36-14-8-9-15-36/h6-7,10-13,16-17H,4-5,8-9,14-15,18H2,1-3H3,(H2,32,33,34,35). The van der Waals surface area contributed by atoms with Crippen LogP contribution in [-0.2, 0) is 26.0 Å². The third-order valence-electron chi connectivity index (χ3n) is 6.44. The molecule has 4 rings (SSSR count). The van der Waals surface area contributed by atoms with Gasteiger partial charge >= 0.3 is 13.8 Å². The van der Waals surface area contributed by atoms with Gasteiger partial charge < -0.3 is 29.3 Å². The highest BCUT2D eigenvalue weighted by atomic mass is 31.2. The molecule has 1 fully saturated rings. The Morgan fingerprint density at radius 2 is 1.71 bits per heavy atom. The second-order valence-corrected chi connectivity index (χ2v) is 11.4. The summed E-state index contributed by atoms with van der Waals surface area (Å²) in [6.45, 7) is 5.06. The molecule has 2 N–H and O–H groups in total. The number of carbonyl (C=O) groups excluding carboxylic acids is 1. The maximum absolute atomic E-state index is 13.9. The highest BCUT2D eigenvalue weighted by Crippen LogP contribution is 2.51. The van der Waals surface area contributed by atoms with E-state index in [0.717, 1.165) is 12.8 Å². The molecule has 0 unspecified atom stereocenters. The Morgan fingerprint density at radius 3 is 2.36 bits per heavy atom. The molecule has 2 aromatic carbocycles. The van der Waals surface area contributed by atoms with Gasteiger partial charge in [-0.25, -0.2) is 4.98 Å². The van der Waals surface area contributed by atoms with Crippen molar-refractivity contribution in [2.75, 3.05) is 44.0 Å². The number of hydrogen-bond acceptors (Lipinski definition) is 9. The number of para-hydroxylation sites is 1. The summed E-state index contributed by atoms with van der Waals surface area (Å²) in [5.74, 6) is -0.618. The number of amides is 1. The van der Waals surface area contributed by atoms with Crippen molar-refractivity contribution < 1.29 is 36.3 Å². The predicted octanol–water partition coefficient (Wildman–Crippen LogP) is 6.99. The summed E-state index contributed by atoms with van der Waals surface area (Å²) >= 11 is 0. The van der Waals surface area contributed by atoms with Crippen LogP contribution in [0.5, 0.6) is 5.75 Å². The van der Waals surface area contributed by atoms with E-state index in [1.807, 2.05) is 0 Å². The van der Waals surface area contributed by atoms with E-state index in [-0.39, 0.29) is 42.5 Å². The highest BCUT2D eigenvalue weighted by Gasteiger charge is 2.36. The van der Waals surface area contributed by atoms with Crippen molar-refractivity contribution in [3.63, 3.8) is 0 Å². The lowest BCUT2D eigenvalue weighted by atomic mass is 10.1.